The van der Waals surface area contributed by atoms with Crippen LogP contribution in [0.1, 0.15) is 18.7 Å². The number of hydrogen-bond acceptors (Lipinski definition) is 4. The van der Waals surface area contributed by atoms with Crippen LogP contribution in [0.5, 0.6) is 5.75 Å². The van der Waals surface area contributed by atoms with E-state index in [1.807, 2.05) is 6.92 Å². The van der Waals surface area contributed by atoms with Crippen LogP contribution in [0.15, 0.2) is 30.5 Å². The smallest absolute Gasteiger partial charge is 0.123 e. The number of hydrogen-bond donors (Lipinski definition) is 1. The largest absolute Gasteiger partial charge is 0.492 e. The van der Waals surface area contributed by atoms with Gasteiger partial charge in [0, 0.05) is 6.04 Å². The Hall–Kier alpha value is -1.95. The SMILES string of the molecule is CC(N)c1cn(CCOc2ccc(F)cc2)nn1. The quantitative estimate of drug-likeness (QED) is 0.873. The number of rotatable bonds is 5. The fraction of sp³-hybridized carbons (Fsp3) is 0.333. The molecule has 0 radical (unpaired) electrons. The second-order valence-corrected chi connectivity index (χ2v) is 4.00. The van der Waals surface area contributed by atoms with E-state index < -0.39 is 0 Å². The molecule has 0 fully saturated rings. The summed E-state index contributed by atoms with van der Waals surface area (Å²) in [6.45, 7) is 2.86. The zero-order valence-corrected chi connectivity index (χ0v) is 10.1. The molecular formula is C12H15FN4O. The van der Waals surface area contributed by atoms with Gasteiger partial charge in [0.1, 0.15) is 18.2 Å². The zero-order chi connectivity index (χ0) is 13.0. The Morgan fingerprint density at radius 3 is 2.72 bits per heavy atom. The minimum absolute atomic E-state index is 0.128. The molecule has 0 bridgehead atoms. The first-order valence-corrected chi connectivity index (χ1v) is 5.69. The lowest BCUT2D eigenvalue weighted by Gasteiger charge is -2.05. The van der Waals surface area contributed by atoms with Crippen molar-refractivity contribution in [1.82, 2.24) is 15.0 Å². The van der Waals surface area contributed by atoms with E-state index in [9.17, 15) is 4.39 Å². The minimum atomic E-state index is -0.278. The minimum Gasteiger partial charge on any atom is -0.492 e. The molecule has 18 heavy (non-hydrogen) atoms. The number of aromatic nitrogens is 3. The number of nitrogens with two attached hydrogens (primary N) is 1. The lowest BCUT2D eigenvalue weighted by Crippen LogP contribution is -2.09. The molecule has 2 rings (SSSR count). The van der Waals surface area contributed by atoms with Crippen molar-refractivity contribution in [2.24, 2.45) is 5.73 Å². The van der Waals surface area contributed by atoms with Crippen molar-refractivity contribution < 1.29 is 9.13 Å². The molecule has 0 aliphatic carbocycles. The average molecular weight is 250 g/mol. The Kier molecular flexibility index (Phi) is 3.88. The molecule has 1 aromatic carbocycles. The van der Waals surface area contributed by atoms with Crippen LogP contribution < -0.4 is 10.5 Å². The fourth-order valence-corrected chi connectivity index (χ4v) is 1.42. The van der Waals surface area contributed by atoms with Crippen molar-refractivity contribution in [2.45, 2.75) is 19.5 Å². The highest BCUT2D eigenvalue weighted by molar-refractivity contribution is 5.21. The lowest BCUT2D eigenvalue weighted by atomic mass is 10.3. The number of halogens is 1. The molecule has 1 unspecified atom stereocenters. The number of nitrogens with zero attached hydrogens (tertiary/aromatic N) is 3. The summed E-state index contributed by atoms with van der Waals surface area (Å²) in [5, 5.41) is 7.87. The van der Waals surface area contributed by atoms with Gasteiger partial charge in [0.15, 0.2) is 0 Å². The van der Waals surface area contributed by atoms with Crippen molar-refractivity contribution in [3.63, 3.8) is 0 Å². The second-order valence-electron chi connectivity index (χ2n) is 4.00. The van der Waals surface area contributed by atoms with Gasteiger partial charge in [0.2, 0.25) is 0 Å². The molecule has 96 valence electrons. The Morgan fingerprint density at radius 2 is 2.11 bits per heavy atom. The maximum Gasteiger partial charge on any atom is 0.123 e. The van der Waals surface area contributed by atoms with Gasteiger partial charge in [-0.15, -0.1) is 5.10 Å². The highest BCUT2D eigenvalue weighted by atomic mass is 19.1. The Labute approximate surface area is 104 Å². The molecule has 1 atom stereocenters. The molecule has 5 nitrogen and oxygen atoms in total. The van der Waals surface area contributed by atoms with Gasteiger partial charge in [-0.1, -0.05) is 5.21 Å². The fourth-order valence-electron chi connectivity index (χ4n) is 1.42. The summed E-state index contributed by atoms with van der Waals surface area (Å²) in [5.74, 6) is 0.351. The first kappa shape index (κ1) is 12.5. The maximum atomic E-state index is 12.7. The second kappa shape index (κ2) is 5.59. The van der Waals surface area contributed by atoms with Crippen molar-refractivity contribution in [3.8, 4) is 5.75 Å². The Morgan fingerprint density at radius 1 is 1.39 bits per heavy atom. The van der Waals surface area contributed by atoms with Gasteiger partial charge in [-0.05, 0) is 31.2 Å². The van der Waals surface area contributed by atoms with E-state index in [1.54, 1.807) is 23.0 Å². The van der Waals surface area contributed by atoms with Crippen LogP contribution in [0.25, 0.3) is 0 Å². The topological polar surface area (TPSA) is 66.0 Å². The molecule has 2 aromatic rings. The molecular weight excluding hydrogens is 235 g/mol. The Bertz CT molecular complexity index is 495. The van der Waals surface area contributed by atoms with Gasteiger partial charge in [-0.2, -0.15) is 0 Å². The van der Waals surface area contributed by atoms with E-state index in [0.29, 0.717) is 18.9 Å². The summed E-state index contributed by atoms with van der Waals surface area (Å²) in [5.41, 5.74) is 6.43. The van der Waals surface area contributed by atoms with E-state index >= 15 is 0 Å². The van der Waals surface area contributed by atoms with Crippen molar-refractivity contribution in [2.75, 3.05) is 6.61 Å². The normalized spacial score (nSPS) is 12.4. The first-order valence-electron chi connectivity index (χ1n) is 5.69. The molecule has 0 saturated heterocycles. The molecule has 2 N–H and O–H groups in total. The summed E-state index contributed by atoms with van der Waals surface area (Å²) in [7, 11) is 0. The van der Waals surface area contributed by atoms with Crippen molar-refractivity contribution in [1.29, 1.82) is 0 Å². The molecule has 0 aliphatic rings. The molecule has 6 heteroatoms. The third-order valence-corrected chi connectivity index (χ3v) is 2.43. The zero-order valence-electron chi connectivity index (χ0n) is 10.1. The van der Waals surface area contributed by atoms with E-state index in [-0.39, 0.29) is 11.9 Å². The maximum absolute atomic E-state index is 12.7. The van der Waals surface area contributed by atoms with E-state index in [0.717, 1.165) is 5.69 Å². The molecule has 1 aromatic heterocycles. The van der Waals surface area contributed by atoms with Gasteiger partial charge in [0.25, 0.3) is 0 Å². The average Bonchev–Trinajstić information content (AvgIpc) is 2.81. The highest BCUT2D eigenvalue weighted by Gasteiger charge is 2.04. The van der Waals surface area contributed by atoms with Gasteiger partial charge in [-0.3, -0.25) is 0 Å². The van der Waals surface area contributed by atoms with Gasteiger partial charge < -0.3 is 10.5 Å². The van der Waals surface area contributed by atoms with Crippen LogP contribution in [-0.2, 0) is 6.54 Å². The van der Waals surface area contributed by atoms with Gasteiger partial charge >= 0.3 is 0 Å². The summed E-state index contributed by atoms with van der Waals surface area (Å²) < 4.78 is 19.8. The highest BCUT2D eigenvalue weighted by Crippen LogP contribution is 2.11. The Balaban J connectivity index is 1.82. The third-order valence-electron chi connectivity index (χ3n) is 2.43. The predicted molar refractivity (Wildman–Crippen MR) is 64.5 cm³/mol. The number of benzene rings is 1. The van der Waals surface area contributed by atoms with Crippen molar-refractivity contribution >= 4 is 0 Å². The first-order chi connectivity index (χ1) is 8.65. The van der Waals surface area contributed by atoms with Crippen LogP contribution in [0.2, 0.25) is 0 Å². The lowest BCUT2D eigenvalue weighted by molar-refractivity contribution is 0.289. The molecule has 0 aliphatic heterocycles. The van der Waals surface area contributed by atoms with Crippen LogP contribution >= 0.6 is 0 Å². The van der Waals surface area contributed by atoms with Crippen LogP contribution in [0, 0.1) is 5.82 Å². The molecule has 1 heterocycles. The monoisotopic (exact) mass is 250 g/mol. The van der Waals surface area contributed by atoms with Crippen LogP contribution in [0.4, 0.5) is 4.39 Å². The molecule has 0 amide bonds. The van der Waals surface area contributed by atoms with Gasteiger partial charge in [-0.25, -0.2) is 9.07 Å². The van der Waals surface area contributed by atoms with Crippen molar-refractivity contribution in [3.05, 3.63) is 42.0 Å². The van der Waals surface area contributed by atoms with E-state index in [1.165, 1.54) is 12.1 Å². The van der Waals surface area contributed by atoms with E-state index in [4.69, 9.17) is 10.5 Å². The summed E-state index contributed by atoms with van der Waals surface area (Å²) in [4.78, 5) is 0. The number of ether oxygens (including phenoxy) is 1. The van der Waals surface area contributed by atoms with Gasteiger partial charge in [0.05, 0.1) is 18.4 Å². The third kappa shape index (κ3) is 3.27. The van der Waals surface area contributed by atoms with Crippen LogP contribution in [-0.4, -0.2) is 21.6 Å². The van der Waals surface area contributed by atoms with Crippen LogP contribution in [0.3, 0.4) is 0 Å². The van der Waals surface area contributed by atoms with E-state index in [2.05, 4.69) is 10.3 Å². The standard InChI is InChI=1S/C12H15FN4O/c1-9(14)12-8-17(16-15-12)6-7-18-11-4-2-10(13)3-5-11/h2-5,8-9H,6-7,14H2,1H3. The summed E-state index contributed by atoms with van der Waals surface area (Å²) in [6, 6.07) is 5.77. The predicted octanol–water partition coefficient (Wildman–Crippen LogP) is 1.52. The summed E-state index contributed by atoms with van der Waals surface area (Å²) in [6.07, 6.45) is 1.79. The summed E-state index contributed by atoms with van der Waals surface area (Å²) >= 11 is 0. The molecule has 0 saturated carbocycles. The molecule has 0 spiro atoms.